The van der Waals surface area contributed by atoms with Crippen molar-refractivity contribution in [3.63, 3.8) is 0 Å². The molecule has 0 radical (unpaired) electrons. The van der Waals surface area contributed by atoms with Crippen molar-refractivity contribution >= 4 is 23.3 Å². The lowest BCUT2D eigenvalue weighted by Crippen LogP contribution is -2.46. The number of nitrogens with one attached hydrogen (secondary N) is 1. The fraction of sp³-hybridized carbons (Fsp3) is 0.368. The molecule has 2 aliphatic rings. The van der Waals surface area contributed by atoms with Gasteiger partial charge in [-0.25, -0.2) is 9.78 Å². The van der Waals surface area contributed by atoms with Gasteiger partial charge in [0.25, 0.3) is 0 Å². The standard InChI is InChI=1S/C19H20ClN3O/c20-17-7-6-16(12-21-17)23-13-19(22-18(23)24)10-8-15(9-11-19)14-4-2-1-3-5-14/h1-7,12,15H,8-11,13H2,(H,22,24). The summed E-state index contributed by atoms with van der Waals surface area (Å²) >= 11 is 5.84. The second-order valence-electron chi connectivity index (χ2n) is 6.82. The van der Waals surface area contributed by atoms with Gasteiger partial charge in [0, 0.05) is 0 Å². The number of benzene rings is 1. The average Bonchev–Trinajstić information content (AvgIpc) is 2.93. The second-order valence-corrected chi connectivity index (χ2v) is 7.21. The summed E-state index contributed by atoms with van der Waals surface area (Å²) in [4.78, 5) is 18.3. The van der Waals surface area contributed by atoms with Gasteiger partial charge in [-0.1, -0.05) is 41.9 Å². The molecule has 5 heteroatoms. The maximum absolute atomic E-state index is 12.4. The predicted molar refractivity (Wildman–Crippen MR) is 95.5 cm³/mol. The number of aromatic nitrogens is 1. The molecule has 1 aliphatic carbocycles. The van der Waals surface area contributed by atoms with Gasteiger partial charge in [0.15, 0.2) is 0 Å². The zero-order valence-electron chi connectivity index (χ0n) is 13.4. The molecular weight excluding hydrogens is 322 g/mol. The van der Waals surface area contributed by atoms with Crippen LogP contribution in [0.3, 0.4) is 0 Å². The normalized spacial score (nSPS) is 26.6. The van der Waals surface area contributed by atoms with Crippen LogP contribution in [0.1, 0.15) is 37.2 Å². The van der Waals surface area contributed by atoms with Crippen LogP contribution in [0.5, 0.6) is 0 Å². The molecule has 1 N–H and O–H groups in total. The third kappa shape index (κ3) is 2.86. The van der Waals surface area contributed by atoms with Gasteiger partial charge in [0.1, 0.15) is 5.15 Å². The maximum atomic E-state index is 12.4. The fourth-order valence-corrected chi connectivity index (χ4v) is 4.07. The molecule has 0 atom stereocenters. The van der Waals surface area contributed by atoms with E-state index in [9.17, 15) is 4.79 Å². The first kappa shape index (κ1) is 15.5. The molecule has 1 saturated carbocycles. The van der Waals surface area contributed by atoms with Crippen LogP contribution in [-0.4, -0.2) is 23.1 Å². The summed E-state index contributed by atoms with van der Waals surface area (Å²) in [5.41, 5.74) is 2.11. The Morgan fingerprint density at radius 2 is 1.88 bits per heavy atom. The Morgan fingerprint density at radius 1 is 1.12 bits per heavy atom. The van der Waals surface area contributed by atoms with Crippen molar-refractivity contribution in [3.8, 4) is 0 Å². The van der Waals surface area contributed by atoms with Crippen molar-refractivity contribution in [2.45, 2.75) is 37.1 Å². The summed E-state index contributed by atoms with van der Waals surface area (Å²) < 4.78 is 0. The number of pyridine rings is 1. The van der Waals surface area contributed by atoms with Crippen molar-refractivity contribution < 1.29 is 4.79 Å². The third-order valence-corrected chi connectivity index (χ3v) is 5.54. The van der Waals surface area contributed by atoms with Crippen molar-refractivity contribution in [3.05, 3.63) is 59.4 Å². The summed E-state index contributed by atoms with van der Waals surface area (Å²) in [7, 11) is 0. The number of amides is 2. The van der Waals surface area contributed by atoms with Crippen molar-refractivity contribution in [1.82, 2.24) is 10.3 Å². The van der Waals surface area contributed by atoms with Crippen molar-refractivity contribution in [2.24, 2.45) is 0 Å². The third-order valence-electron chi connectivity index (χ3n) is 5.32. The van der Waals surface area contributed by atoms with E-state index in [1.165, 1.54) is 5.56 Å². The van der Waals surface area contributed by atoms with E-state index in [1.807, 2.05) is 6.07 Å². The molecule has 2 aromatic rings. The van der Waals surface area contributed by atoms with E-state index >= 15 is 0 Å². The number of hydrogen-bond acceptors (Lipinski definition) is 2. The van der Waals surface area contributed by atoms with E-state index < -0.39 is 0 Å². The highest BCUT2D eigenvalue weighted by molar-refractivity contribution is 6.29. The van der Waals surface area contributed by atoms with Crippen LogP contribution in [-0.2, 0) is 0 Å². The topological polar surface area (TPSA) is 45.2 Å². The summed E-state index contributed by atoms with van der Waals surface area (Å²) in [5.74, 6) is 0.597. The maximum Gasteiger partial charge on any atom is 0.322 e. The molecule has 24 heavy (non-hydrogen) atoms. The Morgan fingerprint density at radius 3 is 2.54 bits per heavy atom. The number of urea groups is 1. The first-order valence-electron chi connectivity index (χ1n) is 8.41. The lowest BCUT2D eigenvalue weighted by atomic mass is 9.74. The van der Waals surface area contributed by atoms with Gasteiger partial charge in [-0.3, -0.25) is 4.90 Å². The predicted octanol–water partition coefficient (Wildman–Crippen LogP) is 4.36. The molecule has 4 nitrogen and oxygen atoms in total. The summed E-state index contributed by atoms with van der Waals surface area (Å²) in [6, 6.07) is 14.2. The number of hydrogen-bond donors (Lipinski definition) is 1. The van der Waals surface area contributed by atoms with Crippen LogP contribution in [0.25, 0.3) is 0 Å². The zero-order valence-corrected chi connectivity index (χ0v) is 14.2. The van der Waals surface area contributed by atoms with Gasteiger partial charge in [-0.2, -0.15) is 0 Å². The number of carbonyl (C=O) groups is 1. The van der Waals surface area contributed by atoms with Crippen LogP contribution in [0.4, 0.5) is 10.5 Å². The van der Waals surface area contributed by atoms with Gasteiger partial charge in [-0.05, 0) is 49.3 Å². The molecule has 2 fully saturated rings. The largest absolute Gasteiger partial charge is 0.330 e. The Bertz CT molecular complexity index is 724. The Kier molecular flexibility index (Phi) is 3.93. The van der Waals surface area contributed by atoms with E-state index in [0.717, 1.165) is 31.4 Å². The Hall–Kier alpha value is -2.07. The van der Waals surface area contributed by atoms with Gasteiger partial charge in [-0.15, -0.1) is 0 Å². The van der Waals surface area contributed by atoms with Gasteiger partial charge >= 0.3 is 6.03 Å². The molecule has 4 rings (SSSR count). The molecule has 1 aromatic heterocycles. The molecule has 1 aliphatic heterocycles. The first-order valence-corrected chi connectivity index (χ1v) is 8.79. The summed E-state index contributed by atoms with van der Waals surface area (Å²) in [6.07, 6.45) is 5.90. The van der Waals surface area contributed by atoms with Crippen molar-refractivity contribution in [2.75, 3.05) is 11.4 Å². The monoisotopic (exact) mass is 341 g/mol. The molecule has 2 heterocycles. The fourth-order valence-electron chi connectivity index (χ4n) is 3.96. The van der Waals surface area contributed by atoms with E-state index in [-0.39, 0.29) is 11.6 Å². The lowest BCUT2D eigenvalue weighted by Gasteiger charge is -2.36. The van der Waals surface area contributed by atoms with E-state index in [0.29, 0.717) is 17.6 Å². The van der Waals surface area contributed by atoms with Crippen LogP contribution >= 0.6 is 11.6 Å². The minimum Gasteiger partial charge on any atom is -0.330 e. The Labute approximate surface area is 146 Å². The number of nitrogens with zero attached hydrogens (tertiary/aromatic N) is 2. The van der Waals surface area contributed by atoms with E-state index in [4.69, 9.17) is 11.6 Å². The molecule has 0 bridgehead atoms. The van der Waals surface area contributed by atoms with Crippen LogP contribution < -0.4 is 10.2 Å². The summed E-state index contributed by atoms with van der Waals surface area (Å²) in [5, 5.41) is 3.67. The molecule has 1 spiro atoms. The van der Waals surface area contributed by atoms with Gasteiger partial charge in [0.2, 0.25) is 0 Å². The first-order chi connectivity index (χ1) is 11.7. The highest BCUT2D eigenvalue weighted by atomic mass is 35.5. The molecule has 0 unspecified atom stereocenters. The SMILES string of the molecule is O=C1NC2(CCC(c3ccccc3)CC2)CN1c1ccc(Cl)nc1. The zero-order chi connectivity index (χ0) is 16.6. The molecule has 1 aromatic carbocycles. The van der Waals surface area contributed by atoms with Crippen LogP contribution in [0, 0.1) is 0 Å². The average molecular weight is 342 g/mol. The lowest BCUT2D eigenvalue weighted by molar-refractivity contribution is 0.231. The molecular formula is C19H20ClN3O. The van der Waals surface area contributed by atoms with Crippen molar-refractivity contribution in [1.29, 1.82) is 0 Å². The van der Waals surface area contributed by atoms with Gasteiger partial charge in [0.05, 0.1) is 24.0 Å². The highest BCUT2D eigenvalue weighted by Gasteiger charge is 2.45. The quantitative estimate of drug-likeness (QED) is 0.825. The Balaban J connectivity index is 1.46. The summed E-state index contributed by atoms with van der Waals surface area (Å²) in [6.45, 7) is 0.705. The number of rotatable bonds is 2. The molecule has 2 amide bonds. The van der Waals surface area contributed by atoms with E-state index in [2.05, 4.69) is 40.6 Å². The van der Waals surface area contributed by atoms with E-state index in [1.54, 1.807) is 17.2 Å². The van der Waals surface area contributed by atoms with Gasteiger partial charge < -0.3 is 5.32 Å². The minimum absolute atomic E-state index is 0.0303. The van der Waals surface area contributed by atoms with Crippen LogP contribution in [0.15, 0.2) is 48.7 Å². The smallest absolute Gasteiger partial charge is 0.322 e. The number of carbonyl (C=O) groups excluding carboxylic acids is 1. The molecule has 124 valence electrons. The molecule has 1 saturated heterocycles. The number of halogens is 1. The second kappa shape index (κ2) is 6.10. The van der Waals surface area contributed by atoms with Crippen LogP contribution in [0.2, 0.25) is 5.15 Å². The highest BCUT2D eigenvalue weighted by Crippen LogP contribution is 2.41. The number of anilines is 1. The minimum atomic E-state index is -0.109.